The Balaban J connectivity index is 1.51. The zero-order chi connectivity index (χ0) is 25.1. The van der Waals surface area contributed by atoms with Gasteiger partial charge in [-0.3, -0.25) is 4.79 Å². The van der Waals surface area contributed by atoms with E-state index in [0.29, 0.717) is 19.4 Å². The van der Waals surface area contributed by atoms with Crippen LogP contribution in [-0.2, 0) is 20.4 Å². The molecule has 11 heteroatoms. The molecule has 0 unspecified atom stereocenters. The van der Waals surface area contributed by atoms with Crippen molar-refractivity contribution in [1.29, 1.82) is 0 Å². The molecule has 2 saturated carbocycles. The first-order valence-electron chi connectivity index (χ1n) is 11.4. The number of halogens is 7. The maximum Gasteiger partial charge on any atom is 0.422 e. The molecule has 4 nitrogen and oxygen atoms in total. The number of esters is 1. The first-order chi connectivity index (χ1) is 15.9. The van der Waals surface area contributed by atoms with Gasteiger partial charge in [0.1, 0.15) is 29.1 Å². The van der Waals surface area contributed by atoms with E-state index in [4.69, 9.17) is 9.47 Å². The standard InChI is InChI=1S/C23H27F7O4/c1-2-32-15-7-3-13(4-8-15)21(31)33-16-9-5-14(6-10-16)23(29,30)34-17-11-18(24)20(19(25)12-17)22(26,27)28/h11-16H,2-10H2,1H3. The Hall–Kier alpha value is -2.04. The van der Waals surface area contributed by atoms with Gasteiger partial charge in [-0.15, -0.1) is 0 Å². The molecule has 0 spiro atoms. The molecule has 0 bridgehead atoms. The van der Waals surface area contributed by atoms with Gasteiger partial charge in [-0.05, 0) is 58.3 Å². The molecule has 0 aliphatic heterocycles. The number of hydrogen-bond donors (Lipinski definition) is 0. The molecule has 192 valence electrons. The average molecular weight is 500 g/mol. The highest BCUT2D eigenvalue weighted by Crippen LogP contribution is 2.41. The summed E-state index contributed by atoms with van der Waals surface area (Å²) in [6.07, 6.45) is -6.64. The molecule has 2 fully saturated rings. The monoisotopic (exact) mass is 500 g/mol. The summed E-state index contributed by atoms with van der Waals surface area (Å²) >= 11 is 0. The van der Waals surface area contributed by atoms with Gasteiger partial charge >= 0.3 is 18.3 Å². The van der Waals surface area contributed by atoms with E-state index in [1.807, 2.05) is 6.92 Å². The number of hydrogen-bond acceptors (Lipinski definition) is 4. The van der Waals surface area contributed by atoms with E-state index in [0.717, 1.165) is 12.8 Å². The van der Waals surface area contributed by atoms with E-state index in [-0.39, 0.29) is 55.8 Å². The predicted molar refractivity (Wildman–Crippen MR) is 106 cm³/mol. The van der Waals surface area contributed by atoms with Crippen LogP contribution in [0.3, 0.4) is 0 Å². The van der Waals surface area contributed by atoms with Crippen LogP contribution in [0, 0.1) is 23.5 Å². The second kappa shape index (κ2) is 10.7. The van der Waals surface area contributed by atoms with Crippen molar-refractivity contribution in [2.45, 2.75) is 82.8 Å². The normalized spacial score (nSPS) is 26.2. The van der Waals surface area contributed by atoms with Gasteiger partial charge in [0.2, 0.25) is 0 Å². The minimum Gasteiger partial charge on any atom is -0.462 e. The van der Waals surface area contributed by atoms with Crippen LogP contribution in [0.5, 0.6) is 5.75 Å². The molecule has 1 aromatic carbocycles. The Bertz CT molecular complexity index is 819. The van der Waals surface area contributed by atoms with Gasteiger partial charge in [0.15, 0.2) is 0 Å². The van der Waals surface area contributed by atoms with Gasteiger partial charge in [-0.2, -0.15) is 22.0 Å². The summed E-state index contributed by atoms with van der Waals surface area (Å²) in [6, 6.07) is 0.182. The van der Waals surface area contributed by atoms with Crippen molar-refractivity contribution in [3.8, 4) is 5.75 Å². The maximum absolute atomic E-state index is 14.6. The molecule has 0 N–H and O–H groups in total. The average Bonchev–Trinajstić information content (AvgIpc) is 2.73. The van der Waals surface area contributed by atoms with Crippen LogP contribution < -0.4 is 4.74 Å². The first-order valence-corrected chi connectivity index (χ1v) is 11.4. The van der Waals surface area contributed by atoms with Crippen molar-refractivity contribution in [3.05, 3.63) is 29.3 Å². The van der Waals surface area contributed by atoms with Crippen LogP contribution in [0.15, 0.2) is 12.1 Å². The number of carbonyl (C=O) groups is 1. The van der Waals surface area contributed by atoms with Crippen LogP contribution >= 0.6 is 0 Å². The predicted octanol–water partition coefficient (Wildman–Crippen LogP) is 6.65. The van der Waals surface area contributed by atoms with Crippen LogP contribution in [0.4, 0.5) is 30.7 Å². The topological polar surface area (TPSA) is 44.8 Å². The smallest absolute Gasteiger partial charge is 0.422 e. The number of rotatable bonds is 7. The summed E-state index contributed by atoms with van der Waals surface area (Å²) in [4.78, 5) is 12.4. The van der Waals surface area contributed by atoms with Gasteiger partial charge in [0.25, 0.3) is 0 Å². The third kappa shape index (κ3) is 6.55. The van der Waals surface area contributed by atoms with Gasteiger partial charge < -0.3 is 14.2 Å². The second-order valence-electron chi connectivity index (χ2n) is 8.76. The van der Waals surface area contributed by atoms with E-state index in [9.17, 15) is 35.5 Å². The molecular formula is C23H27F7O4. The highest BCUT2D eigenvalue weighted by atomic mass is 19.4. The summed E-state index contributed by atoms with van der Waals surface area (Å²) < 4.78 is 110. The summed E-state index contributed by atoms with van der Waals surface area (Å²) in [7, 11) is 0. The van der Waals surface area contributed by atoms with Gasteiger partial charge in [0.05, 0.1) is 17.9 Å². The molecule has 0 saturated heterocycles. The molecule has 0 amide bonds. The molecule has 3 rings (SSSR count). The number of carbonyl (C=O) groups excluding carboxylic acids is 1. The highest BCUT2D eigenvalue weighted by molar-refractivity contribution is 5.72. The Morgan fingerprint density at radius 1 is 0.882 bits per heavy atom. The minimum atomic E-state index is -5.31. The summed E-state index contributed by atoms with van der Waals surface area (Å²) in [5.74, 6) is -7.06. The largest absolute Gasteiger partial charge is 0.462 e. The Kier molecular flexibility index (Phi) is 8.36. The van der Waals surface area contributed by atoms with Crippen LogP contribution in [0.25, 0.3) is 0 Å². The summed E-state index contributed by atoms with van der Waals surface area (Å²) in [5, 5.41) is 0. The lowest BCUT2D eigenvalue weighted by atomic mass is 9.85. The maximum atomic E-state index is 14.6. The molecule has 0 atom stereocenters. The third-order valence-corrected chi connectivity index (χ3v) is 6.40. The third-order valence-electron chi connectivity index (χ3n) is 6.40. The van der Waals surface area contributed by atoms with Gasteiger partial charge in [-0.25, -0.2) is 8.78 Å². The molecule has 0 radical (unpaired) electrons. The van der Waals surface area contributed by atoms with Crippen LogP contribution in [-0.4, -0.2) is 30.9 Å². The van der Waals surface area contributed by atoms with Gasteiger partial charge in [0, 0.05) is 18.7 Å². The quantitative estimate of drug-likeness (QED) is 0.311. The molecule has 0 aromatic heterocycles. The summed E-state index contributed by atoms with van der Waals surface area (Å²) in [6.45, 7) is 2.52. The molecule has 2 aliphatic carbocycles. The van der Waals surface area contributed by atoms with E-state index in [1.165, 1.54) is 0 Å². The SMILES string of the molecule is CCOC1CCC(C(=O)OC2CCC(C(F)(F)Oc3cc(F)c(C(F)(F)F)c(F)c3)CC2)CC1. The van der Waals surface area contributed by atoms with Crippen molar-refractivity contribution in [1.82, 2.24) is 0 Å². The Morgan fingerprint density at radius 2 is 1.41 bits per heavy atom. The first kappa shape index (κ1) is 26.6. The van der Waals surface area contributed by atoms with Crippen molar-refractivity contribution in [3.63, 3.8) is 0 Å². The van der Waals surface area contributed by atoms with Crippen LogP contribution in [0.2, 0.25) is 0 Å². The fourth-order valence-electron chi connectivity index (χ4n) is 4.60. The fraction of sp³-hybridized carbons (Fsp3) is 0.696. The van der Waals surface area contributed by atoms with E-state index in [2.05, 4.69) is 4.74 Å². The molecule has 2 aliphatic rings. The van der Waals surface area contributed by atoms with E-state index >= 15 is 0 Å². The highest BCUT2D eigenvalue weighted by Gasteiger charge is 2.45. The van der Waals surface area contributed by atoms with Crippen LogP contribution in [0.1, 0.15) is 63.9 Å². The lowest BCUT2D eigenvalue weighted by Crippen LogP contribution is -2.39. The fourth-order valence-corrected chi connectivity index (χ4v) is 4.60. The molecular weight excluding hydrogens is 473 g/mol. The molecule has 34 heavy (non-hydrogen) atoms. The number of alkyl halides is 5. The minimum absolute atomic E-state index is 0.0897. The lowest BCUT2D eigenvalue weighted by Gasteiger charge is -2.34. The zero-order valence-electron chi connectivity index (χ0n) is 18.6. The Labute approximate surface area is 192 Å². The van der Waals surface area contributed by atoms with Gasteiger partial charge in [-0.1, -0.05) is 0 Å². The molecule has 1 aromatic rings. The zero-order valence-corrected chi connectivity index (χ0v) is 18.6. The number of benzene rings is 1. The number of ether oxygens (including phenoxy) is 3. The Morgan fingerprint density at radius 3 is 1.91 bits per heavy atom. The molecule has 0 heterocycles. The van der Waals surface area contributed by atoms with Crippen molar-refractivity contribution < 1.29 is 49.7 Å². The van der Waals surface area contributed by atoms with Crippen molar-refractivity contribution >= 4 is 5.97 Å². The van der Waals surface area contributed by atoms with E-state index in [1.54, 1.807) is 0 Å². The second-order valence-corrected chi connectivity index (χ2v) is 8.76. The summed E-state index contributed by atoms with van der Waals surface area (Å²) in [5.41, 5.74) is -2.17. The van der Waals surface area contributed by atoms with Crippen molar-refractivity contribution in [2.75, 3.05) is 6.61 Å². The van der Waals surface area contributed by atoms with Crippen molar-refractivity contribution in [2.24, 2.45) is 11.8 Å². The lowest BCUT2D eigenvalue weighted by molar-refractivity contribution is -0.226. The van der Waals surface area contributed by atoms with E-state index < -0.39 is 47.3 Å².